The van der Waals surface area contributed by atoms with Gasteiger partial charge in [-0.2, -0.15) is 0 Å². The number of fused-ring (bicyclic) bond motifs is 2. The monoisotopic (exact) mass is 348 g/mol. The fraction of sp³-hybridized carbons (Fsp3) is 0.0500. The van der Waals surface area contributed by atoms with Crippen LogP contribution in [-0.4, -0.2) is 24.5 Å². The number of methoxy groups -OCH3 is 1. The third-order valence-electron chi connectivity index (χ3n) is 4.18. The van der Waals surface area contributed by atoms with Gasteiger partial charge >= 0.3 is 0 Å². The zero-order valence-electron chi connectivity index (χ0n) is 13.2. The molecule has 25 heavy (non-hydrogen) atoms. The number of hydrogen-bond acceptors (Lipinski definition) is 5. The molecule has 0 N–H and O–H groups in total. The molecule has 0 amide bonds. The topological polar surface area (TPSA) is 60.4 Å². The number of ether oxygens (including phenoxy) is 1. The molecule has 5 heteroatoms. The molecule has 1 aliphatic rings. The summed E-state index contributed by atoms with van der Waals surface area (Å²) in [7, 11) is 1.55. The number of hydrogen-bond donors (Lipinski definition) is 0. The second-order valence-corrected chi connectivity index (χ2v) is 6.67. The van der Waals surface area contributed by atoms with Gasteiger partial charge in [-0.1, -0.05) is 24.3 Å². The van der Waals surface area contributed by atoms with E-state index in [4.69, 9.17) is 4.74 Å². The van der Waals surface area contributed by atoms with E-state index in [0.717, 1.165) is 11.3 Å². The molecule has 0 radical (unpaired) electrons. The number of rotatable bonds is 3. The van der Waals surface area contributed by atoms with Crippen LogP contribution in [0.2, 0.25) is 0 Å². The Bertz CT molecular complexity index is 976. The lowest BCUT2D eigenvalue weighted by molar-refractivity contribution is 0.0982. The normalized spacial score (nSPS) is 12.5. The Hall–Kier alpha value is -3.05. The predicted octanol–water partition coefficient (Wildman–Crippen LogP) is 3.76. The van der Waals surface area contributed by atoms with Crippen molar-refractivity contribution in [3.05, 3.63) is 86.6 Å². The molecule has 1 aromatic heterocycles. The van der Waals surface area contributed by atoms with Crippen molar-refractivity contribution in [3.8, 4) is 5.75 Å². The molecule has 0 fully saturated rings. The van der Waals surface area contributed by atoms with Crippen molar-refractivity contribution in [1.29, 1.82) is 0 Å². The summed E-state index contributed by atoms with van der Waals surface area (Å²) in [5, 5.41) is 0. The van der Waals surface area contributed by atoms with Crippen LogP contribution < -0.4 is 4.74 Å². The van der Waals surface area contributed by atoms with Gasteiger partial charge in [0.1, 0.15) is 5.75 Å². The standard InChI is InChI=1S/C20H12O4S/c1-24-12-8-6-11(7-9-12)17(21)16-10-15-18(22)13-4-2-3-5-14(13)19(23)20(15)25-16/h2-10H,1H3. The number of benzene rings is 2. The fourth-order valence-electron chi connectivity index (χ4n) is 2.87. The van der Waals surface area contributed by atoms with Gasteiger partial charge in [0.2, 0.25) is 11.6 Å². The summed E-state index contributed by atoms with van der Waals surface area (Å²) in [5.41, 5.74) is 1.58. The van der Waals surface area contributed by atoms with Crippen LogP contribution in [0.25, 0.3) is 0 Å². The first-order chi connectivity index (χ1) is 12.1. The highest BCUT2D eigenvalue weighted by Gasteiger charge is 2.32. The molecular weight excluding hydrogens is 336 g/mol. The van der Waals surface area contributed by atoms with Crippen molar-refractivity contribution in [2.75, 3.05) is 7.11 Å². The number of ketones is 3. The van der Waals surface area contributed by atoms with E-state index >= 15 is 0 Å². The van der Waals surface area contributed by atoms with Crippen molar-refractivity contribution in [1.82, 2.24) is 0 Å². The lowest BCUT2D eigenvalue weighted by Gasteiger charge is -2.12. The summed E-state index contributed by atoms with van der Waals surface area (Å²) >= 11 is 1.07. The minimum Gasteiger partial charge on any atom is -0.497 e. The Morgan fingerprint density at radius 1 is 0.880 bits per heavy atom. The van der Waals surface area contributed by atoms with E-state index in [0.29, 0.717) is 37.8 Å². The first-order valence-corrected chi connectivity index (χ1v) is 8.43. The molecule has 3 aromatic rings. The smallest absolute Gasteiger partial charge is 0.204 e. The molecule has 2 aromatic carbocycles. The minimum absolute atomic E-state index is 0.205. The molecule has 122 valence electrons. The number of carbonyl (C=O) groups excluding carboxylic acids is 3. The summed E-state index contributed by atoms with van der Waals surface area (Å²) in [5.74, 6) is 0.0220. The first kappa shape index (κ1) is 15.5. The van der Waals surface area contributed by atoms with Crippen LogP contribution in [0, 0.1) is 0 Å². The quantitative estimate of drug-likeness (QED) is 0.529. The van der Waals surface area contributed by atoms with Gasteiger partial charge in [0, 0.05) is 22.3 Å². The first-order valence-electron chi connectivity index (χ1n) is 7.61. The molecule has 1 aliphatic carbocycles. The minimum atomic E-state index is -0.216. The van der Waals surface area contributed by atoms with Gasteiger partial charge in [-0.05, 0) is 30.3 Å². The molecule has 4 rings (SSSR count). The Labute approximate surface area is 147 Å². The van der Waals surface area contributed by atoms with E-state index in [-0.39, 0.29) is 17.3 Å². The van der Waals surface area contributed by atoms with Crippen molar-refractivity contribution in [2.24, 2.45) is 0 Å². The third-order valence-corrected chi connectivity index (χ3v) is 5.31. The van der Waals surface area contributed by atoms with Crippen LogP contribution >= 0.6 is 11.3 Å². The van der Waals surface area contributed by atoms with Crippen LogP contribution in [0.4, 0.5) is 0 Å². The lowest BCUT2D eigenvalue weighted by Crippen LogP contribution is -2.18. The third kappa shape index (κ3) is 2.40. The van der Waals surface area contributed by atoms with Crippen LogP contribution in [0.1, 0.15) is 46.4 Å². The molecule has 0 aliphatic heterocycles. The summed E-state index contributed by atoms with van der Waals surface area (Å²) in [4.78, 5) is 38.7. The highest BCUT2D eigenvalue weighted by molar-refractivity contribution is 7.17. The van der Waals surface area contributed by atoms with Gasteiger partial charge < -0.3 is 4.74 Å². The maximum absolute atomic E-state index is 12.7. The van der Waals surface area contributed by atoms with Crippen molar-refractivity contribution >= 4 is 28.7 Å². The summed E-state index contributed by atoms with van der Waals surface area (Å²) in [6.45, 7) is 0. The van der Waals surface area contributed by atoms with E-state index in [1.54, 1.807) is 55.6 Å². The molecule has 0 unspecified atom stereocenters. The van der Waals surface area contributed by atoms with E-state index < -0.39 is 0 Å². The van der Waals surface area contributed by atoms with E-state index in [1.807, 2.05) is 0 Å². The van der Waals surface area contributed by atoms with Crippen molar-refractivity contribution < 1.29 is 19.1 Å². The Kier molecular flexibility index (Phi) is 3.58. The Morgan fingerprint density at radius 3 is 2.16 bits per heavy atom. The van der Waals surface area contributed by atoms with Gasteiger partial charge in [0.05, 0.1) is 16.9 Å². The predicted molar refractivity (Wildman–Crippen MR) is 94.1 cm³/mol. The Morgan fingerprint density at radius 2 is 1.52 bits per heavy atom. The largest absolute Gasteiger partial charge is 0.497 e. The van der Waals surface area contributed by atoms with Gasteiger partial charge in [-0.15, -0.1) is 11.3 Å². The van der Waals surface area contributed by atoms with Gasteiger partial charge in [0.15, 0.2) is 5.78 Å². The SMILES string of the molecule is COc1ccc(C(=O)c2cc3c(s2)C(=O)c2ccccc2C3=O)cc1. The fourth-order valence-corrected chi connectivity index (χ4v) is 3.94. The number of carbonyl (C=O) groups is 3. The molecule has 1 heterocycles. The molecule has 0 spiro atoms. The summed E-state index contributed by atoms with van der Waals surface area (Å²) in [6, 6.07) is 15.0. The molecule has 0 bridgehead atoms. The maximum atomic E-state index is 12.7. The molecule has 0 saturated carbocycles. The van der Waals surface area contributed by atoms with Crippen LogP contribution in [-0.2, 0) is 0 Å². The average molecular weight is 348 g/mol. The van der Waals surface area contributed by atoms with E-state index in [2.05, 4.69) is 0 Å². The van der Waals surface area contributed by atoms with Crippen LogP contribution in [0.5, 0.6) is 5.75 Å². The van der Waals surface area contributed by atoms with Gasteiger partial charge in [0.25, 0.3) is 0 Å². The van der Waals surface area contributed by atoms with Crippen molar-refractivity contribution in [3.63, 3.8) is 0 Å². The molecular formula is C20H12O4S. The highest BCUT2D eigenvalue weighted by atomic mass is 32.1. The maximum Gasteiger partial charge on any atom is 0.204 e. The number of thiophene rings is 1. The molecule has 0 saturated heterocycles. The van der Waals surface area contributed by atoms with Crippen molar-refractivity contribution in [2.45, 2.75) is 0 Å². The zero-order chi connectivity index (χ0) is 17.6. The van der Waals surface area contributed by atoms with Gasteiger partial charge in [-0.25, -0.2) is 0 Å². The molecule has 4 nitrogen and oxygen atoms in total. The van der Waals surface area contributed by atoms with Crippen LogP contribution in [0.15, 0.2) is 54.6 Å². The Balaban J connectivity index is 1.76. The average Bonchev–Trinajstić information content (AvgIpc) is 3.11. The molecule has 0 atom stereocenters. The van der Waals surface area contributed by atoms with E-state index in [1.165, 1.54) is 6.07 Å². The van der Waals surface area contributed by atoms with Gasteiger partial charge in [-0.3, -0.25) is 14.4 Å². The summed E-state index contributed by atoms with van der Waals surface area (Å²) in [6.07, 6.45) is 0. The highest BCUT2D eigenvalue weighted by Crippen LogP contribution is 2.34. The second-order valence-electron chi connectivity index (χ2n) is 5.61. The lowest BCUT2D eigenvalue weighted by atomic mass is 9.89. The van der Waals surface area contributed by atoms with Crippen LogP contribution in [0.3, 0.4) is 0 Å². The van der Waals surface area contributed by atoms with E-state index in [9.17, 15) is 14.4 Å². The summed E-state index contributed by atoms with van der Waals surface area (Å²) < 4.78 is 5.09. The zero-order valence-corrected chi connectivity index (χ0v) is 14.1. The second kappa shape index (κ2) is 5.79.